The van der Waals surface area contributed by atoms with Crippen LogP contribution in [0.3, 0.4) is 0 Å². The quantitative estimate of drug-likeness (QED) is 0.791. The van der Waals surface area contributed by atoms with Gasteiger partial charge in [-0.05, 0) is 23.8 Å². The molecule has 0 radical (unpaired) electrons. The second-order valence-electron chi connectivity index (χ2n) is 6.46. The van der Waals surface area contributed by atoms with E-state index in [9.17, 15) is 4.79 Å². The van der Waals surface area contributed by atoms with E-state index in [1.807, 2.05) is 47.6 Å². The lowest BCUT2D eigenvalue weighted by Gasteiger charge is -2.34. The van der Waals surface area contributed by atoms with Gasteiger partial charge in [0.1, 0.15) is 0 Å². The number of carbonyl (C=O) groups excluding carboxylic acids is 1. The Balaban J connectivity index is 1.36. The lowest BCUT2D eigenvalue weighted by atomic mass is 10.1. The third-order valence-electron chi connectivity index (χ3n) is 4.71. The highest BCUT2D eigenvalue weighted by Crippen LogP contribution is 2.22. The first-order chi connectivity index (χ1) is 12.8. The molecule has 0 aliphatic carbocycles. The Hall–Kier alpha value is -2.99. The number of nitrogens with one attached hydrogen (secondary N) is 1. The van der Waals surface area contributed by atoms with Crippen molar-refractivity contribution in [2.75, 3.05) is 31.5 Å². The minimum Gasteiger partial charge on any atom is -0.322 e. The van der Waals surface area contributed by atoms with Gasteiger partial charge in [0, 0.05) is 68.3 Å². The summed E-state index contributed by atoms with van der Waals surface area (Å²) in [5.74, 6) is 0. The predicted octanol–water partition coefficient (Wildman–Crippen LogP) is 2.98. The van der Waals surface area contributed by atoms with Crippen molar-refractivity contribution >= 4 is 22.5 Å². The summed E-state index contributed by atoms with van der Waals surface area (Å²) in [6.07, 6.45) is 7.24. The maximum absolute atomic E-state index is 12.6. The molecule has 2 aromatic heterocycles. The summed E-state index contributed by atoms with van der Waals surface area (Å²) in [7, 11) is 0. The van der Waals surface area contributed by atoms with Gasteiger partial charge in [0.05, 0.1) is 5.69 Å². The van der Waals surface area contributed by atoms with E-state index < -0.39 is 0 Å². The molecule has 2 amide bonds. The van der Waals surface area contributed by atoms with Crippen LogP contribution in [-0.4, -0.2) is 52.0 Å². The number of hydrogen-bond acceptors (Lipinski definition) is 4. The van der Waals surface area contributed by atoms with E-state index in [0.29, 0.717) is 0 Å². The third-order valence-corrected chi connectivity index (χ3v) is 4.71. The Kier molecular flexibility index (Phi) is 4.75. The van der Waals surface area contributed by atoms with E-state index in [1.165, 1.54) is 5.56 Å². The molecule has 0 bridgehead atoms. The highest BCUT2D eigenvalue weighted by molar-refractivity contribution is 6.01. The van der Waals surface area contributed by atoms with Gasteiger partial charge in [-0.3, -0.25) is 14.9 Å². The summed E-state index contributed by atoms with van der Waals surface area (Å²) in [5, 5.41) is 5.08. The summed E-state index contributed by atoms with van der Waals surface area (Å²) in [6.45, 7) is 4.04. The summed E-state index contributed by atoms with van der Waals surface area (Å²) in [4.78, 5) is 25.2. The summed E-state index contributed by atoms with van der Waals surface area (Å²) in [5.41, 5.74) is 2.03. The zero-order valence-electron chi connectivity index (χ0n) is 14.5. The van der Waals surface area contributed by atoms with Crippen LogP contribution in [0.4, 0.5) is 10.5 Å². The molecule has 26 heavy (non-hydrogen) atoms. The van der Waals surface area contributed by atoms with E-state index >= 15 is 0 Å². The van der Waals surface area contributed by atoms with Crippen molar-refractivity contribution in [3.63, 3.8) is 0 Å². The van der Waals surface area contributed by atoms with Crippen molar-refractivity contribution in [2.24, 2.45) is 0 Å². The van der Waals surface area contributed by atoms with Crippen molar-refractivity contribution in [2.45, 2.75) is 6.54 Å². The standard InChI is InChI=1S/C20H21N5O/c26-20(23-19-5-1-4-17-14-22-8-6-18(17)19)25-11-9-24(10-12-25)15-16-3-2-7-21-13-16/h1-8,13-14H,9-12,15H2,(H,23,26). The van der Waals surface area contributed by atoms with Gasteiger partial charge in [-0.25, -0.2) is 4.79 Å². The number of urea groups is 1. The maximum atomic E-state index is 12.6. The smallest absolute Gasteiger partial charge is 0.321 e. The normalized spacial score (nSPS) is 15.2. The number of piperazine rings is 1. The number of benzene rings is 1. The second kappa shape index (κ2) is 7.49. The molecular weight excluding hydrogens is 326 g/mol. The Bertz CT molecular complexity index is 886. The van der Waals surface area contributed by atoms with Crippen molar-refractivity contribution < 1.29 is 4.79 Å². The average Bonchev–Trinajstić information content (AvgIpc) is 2.70. The van der Waals surface area contributed by atoms with E-state index in [0.717, 1.165) is 49.2 Å². The molecule has 4 rings (SSSR count). The molecule has 132 valence electrons. The maximum Gasteiger partial charge on any atom is 0.321 e. The van der Waals surface area contributed by atoms with Gasteiger partial charge in [-0.15, -0.1) is 0 Å². The van der Waals surface area contributed by atoms with Crippen LogP contribution in [0.1, 0.15) is 5.56 Å². The van der Waals surface area contributed by atoms with Crippen molar-refractivity contribution in [1.82, 2.24) is 19.8 Å². The van der Waals surface area contributed by atoms with E-state index in [1.54, 1.807) is 12.4 Å². The van der Waals surface area contributed by atoms with Gasteiger partial charge in [0.2, 0.25) is 0 Å². The Labute approximate surface area is 152 Å². The largest absolute Gasteiger partial charge is 0.322 e. The highest BCUT2D eigenvalue weighted by Gasteiger charge is 2.21. The molecule has 1 aliphatic heterocycles. The van der Waals surface area contributed by atoms with Crippen LogP contribution in [0, 0.1) is 0 Å². The molecular formula is C20H21N5O. The number of anilines is 1. The molecule has 0 saturated carbocycles. The molecule has 1 N–H and O–H groups in total. The zero-order valence-corrected chi connectivity index (χ0v) is 14.5. The summed E-state index contributed by atoms with van der Waals surface area (Å²) >= 11 is 0. The molecule has 1 fully saturated rings. The van der Waals surface area contributed by atoms with Crippen LogP contribution in [0.25, 0.3) is 10.8 Å². The Morgan fingerprint density at radius 3 is 2.62 bits per heavy atom. The molecule has 3 aromatic rings. The number of pyridine rings is 2. The molecule has 1 aromatic carbocycles. The molecule has 6 nitrogen and oxygen atoms in total. The van der Waals surface area contributed by atoms with E-state index in [4.69, 9.17) is 0 Å². The fraction of sp³-hybridized carbons (Fsp3) is 0.250. The first kappa shape index (κ1) is 16.5. The van der Waals surface area contributed by atoms with Crippen LogP contribution in [-0.2, 0) is 6.54 Å². The number of nitrogens with zero attached hydrogens (tertiary/aromatic N) is 4. The fourth-order valence-corrected chi connectivity index (χ4v) is 3.28. The van der Waals surface area contributed by atoms with Crippen molar-refractivity contribution in [3.8, 4) is 0 Å². The van der Waals surface area contributed by atoms with Gasteiger partial charge in [0.15, 0.2) is 0 Å². The molecule has 0 unspecified atom stereocenters. The van der Waals surface area contributed by atoms with Gasteiger partial charge in [-0.2, -0.15) is 0 Å². The number of rotatable bonds is 3. The Morgan fingerprint density at radius 2 is 1.81 bits per heavy atom. The molecule has 0 atom stereocenters. The monoisotopic (exact) mass is 347 g/mol. The van der Waals surface area contributed by atoms with Crippen LogP contribution in [0.2, 0.25) is 0 Å². The number of carbonyl (C=O) groups is 1. The van der Waals surface area contributed by atoms with Crippen LogP contribution in [0.5, 0.6) is 0 Å². The third kappa shape index (κ3) is 3.65. The first-order valence-corrected chi connectivity index (χ1v) is 8.79. The summed E-state index contributed by atoms with van der Waals surface area (Å²) in [6, 6.07) is 11.8. The van der Waals surface area contributed by atoms with Crippen LogP contribution in [0.15, 0.2) is 61.2 Å². The minimum atomic E-state index is -0.0460. The van der Waals surface area contributed by atoms with Gasteiger partial charge in [-0.1, -0.05) is 18.2 Å². The summed E-state index contributed by atoms with van der Waals surface area (Å²) < 4.78 is 0. The molecule has 0 spiro atoms. The van der Waals surface area contributed by atoms with E-state index in [-0.39, 0.29) is 6.03 Å². The highest BCUT2D eigenvalue weighted by atomic mass is 16.2. The first-order valence-electron chi connectivity index (χ1n) is 8.79. The number of hydrogen-bond donors (Lipinski definition) is 1. The van der Waals surface area contributed by atoms with Gasteiger partial charge < -0.3 is 10.2 Å². The fourth-order valence-electron chi connectivity index (χ4n) is 3.28. The zero-order chi connectivity index (χ0) is 17.8. The minimum absolute atomic E-state index is 0.0460. The number of fused-ring (bicyclic) bond motifs is 1. The van der Waals surface area contributed by atoms with E-state index in [2.05, 4.69) is 26.3 Å². The lowest BCUT2D eigenvalue weighted by Crippen LogP contribution is -2.49. The van der Waals surface area contributed by atoms with Gasteiger partial charge in [0.25, 0.3) is 0 Å². The lowest BCUT2D eigenvalue weighted by molar-refractivity contribution is 0.143. The Morgan fingerprint density at radius 1 is 0.962 bits per heavy atom. The van der Waals surface area contributed by atoms with Crippen molar-refractivity contribution in [3.05, 3.63) is 66.7 Å². The molecule has 1 aliphatic rings. The van der Waals surface area contributed by atoms with Crippen LogP contribution < -0.4 is 5.32 Å². The second-order valence-corrected chi connectivity index (χ2v) is 6.46. The SMILES string of the molecule is O=C(Nc1cccc2cnccc12)N1CCN(Cc2cccnc2)CC1. The van der Waals surface area contributed by atoms with Crippen LogP contribution >= 0.6 is 0 Å². The number of amides is 2. The predicted molar refractivity (Wildman–Crippen MR) is 102 cm³/mol. The molecule has 6 heteroatoms. The molecule has 3 heterocycles. The topological polar surface area (TPSA) is 61.4 Å². The van der Waals surface area contributed by atoms with Crippen molar-refractivity contribution in [1.29, 1.82) is 0 Å². The average molecular weight is 347 g/mol. The number of aromatic nitrogens is 2. The molecule has 1 saturated heterocycles. The van der Waals surface area contributed by atoms with Gasteiger partial charge >= 0.3 is 6.03 Å².